The second-order valence-electron chi connectivity index (χ2n) is 6.60. The van der Waals surface area contributed by atoms with Gasteiger partial charge in [-0.05, 0) is 12.3 Å². The summed E-state index contributed by atoms with van der Waals surface area (Å²) in [4.78, 5) is 26.1. The fraction of sp³-hybridized carbons (Fsp3) is 0.846. The van der Waals surface area contributed by atoms with E-state index in [1.165, 1.54) is 18.9 Å². The molecule has 0 aromatic carbocycles. The quantitative estimate of drug-likeness (QED) is 0.729. The molecule has 0 radical (unpaired) electrons. The van der Waals surface area contributed by atoms with Gasteiger partial charge in [0.25, 0.3) is 0 Å². The first-order chi connectivity index (χ1) is 8.58. The number of hydrogen-bond donors (Lipinski definition) is 1. The lowest BCUT2D eigenvalue weighted by molar-refractivity contribution is -0.166. The van der Waals surface area contributed by atoms with Gasteiger partial charge in [0.15, 0.2) is 5.54 Å². The van der Waals surface area contributed by atoms with Crippen molar-refractivity contribution in [3.8, 4) is 0 Å². The Balaban J connectivity index is 2.53. The highest BCUT2D eigenvalue weighted by Gasteiger charge is 2.71. The van der Waals surface area contributed by atoms with E-state index >= 15 is 0 Å². The predicted molar refractivity (Wildman–Crippen MR) is 72.5 cm³/mol. The fourth-order valence-electron chi connectivity index (χ4n) is 3.01. The van der Waals surface area contributed by atoms with Gasteiger partial charge in [-0.15, -0.1) is 11.8 Å². The molecule has 6 heteroatoms. The number of rotatable bonds is 1. The number of fused-ring (bicyclic) bond motifs is 1. The van der Waals surface area contributed by atoms with E-state index in [9.17, 15) is 14.7 Å². The molecule has 5 nitrogen and oxygen atoms in total. The van der Waals surface area contributed by atoms with Crippen molar-refractivity contribution < 1.29 is 19.4 Å². The molecule has 1 N–H and O–H groups in total. The largest absolute Gasteiger partial charge is 0.467 e. The van der Waals surface area contributed by atoms with Crippen molar-refractivity contribution in [1.82, 2.24) is 4.90 Å². The smallest absolute Gasteiger partial charge is 0.335 e. The molecule has 2 saturated heterocycles. The Morgan fingerprint density at radius 2 is 2.11 bits per heavy atom. The van der Waals surface area contributed by atoms with Crippen molar-refractivity contribution in [1.29, 1.82) is 0 Å². The Hall–Kier alpha value is -0.750. The van der Waals surface area contributed by atoms with Crippen molar-refractivity contribution >= 4 is 23.6 Å². The van der Waals surface area contributed by atoms with Crippen LogP contribution >= 0.6 is 11.8 Å². The minimum Gasteiger partial charge on any atom is -0.467 e. The van der Waals surface area contributed by atoms with Gasteiger partial charge >= 0.3 is 5.97 Å². The molecule has 2 fully saturated rings. The Labute approximate surface area is 117 Å². The maximum Gasteiger partial charge on any atom is 0.335 e. The average Bonchev–Trinajstić information content (AvgIpc) is 2.75. The van der Waals surface area contributed by atoms with Gasteiger partial charge in [0.1, 0.15) is 5.60 Å². The van der Waals surface area contributed by atoms with E-state index in [1.807, 2.05) is 20.8 Å². The first-order valence-electron chi connectivity index (χ1n) is 6.32. The highest BCUT2D eigenvalue weighted by Crippen LogP contribution is 2.54. The van der Waals surface area contributed by atoms with Crippen LogP contribution in [0.1, 0.15) is 34.1 Å². The highest BCUT2D eigenvalue weighted by molar-refractivity contribution is 8.00. The third-order valence-electron chi connectivity index (χ3n) is 4.01. The van der Waals surface area contributed by atoms with E-state index in [2.05, 4.69) is 0 Å². The molecule has 2 aliphatic rings. The van der Waals surface area contributed by atoms with Crippen LogP contribution in [0.25, 0.3) is 0 Å². The van der Waals surface area contributed by atoms with Crippen molar-refractivity contribution in [2.24, 2.45) is 5.41 Å². The van der Waals surface area contributed by atoms with Gasteiger partial charge in [-0.1, -0.05) is 20.8 Å². The summed E-state index contributed by atoms with van der Waals surface area (Å²) in [7, 11) is 1.29. The van der Waals surface area contributed by atoms with Gasteiger partial charge in [0.05, 0.1) is 18.9 Å². The van der Waals surface area contributed by atoms with Crippen LogP contribution in [0.4, 0.5) is 0 Å². The summed E-state index contributed by atoms with van der Waals surface area (Å²) in [5.41, 5.74) is -2.80. The maximum absolute atomic E-state index is 12.3. The van der Waals surface area contributed by atoms with Crippen LogP contribution in [0.15, 0.2) is 0 Å². The third kappa shape index (κ3) is 1.80. The van der Waals surface area contributed by atoms with E-state index in [0.717, 1.165) is 0 Å². The molecule has 19 heavy (non-hydrogen) atoms. The molecule has 0 bridgehead atoms. The van der Waals surface area contributed by atoms with Gasteiger partial charge in [-0.3, -0.25) is 4.79 Å². The Morgan fingerprint density at radius 3 is 2.58 bits per heavy atom. The number of aliphatic hydroxyl groups is 1. The molecule has 0 aromatic heterocycles. The predicted octanol–water partition coefficient (Wildman–Crippen LogP) is 1.00. The number of methoxy groups -OCH3 is 1. The highest BCUT2D eigenvalue weighted by atomic mass is 32.2. The Bertz CT molecular complexity index is 429. The topological polar surface area (TPSA) is 66.8 Å². The van der Waals surface area contributed by atoms with Gasteiger partial charge in [-0.2, -0.15) is 0 Å². The number of carbonyl (C=O) groups is 2. The van der Waals surface area contributed by atoms with Crippen LogP contribution in [-0.4, -0.2) is 51.3 Å². The summed E-state index contributed by atoms with van der Waals surface area (Å²) in [5.74, 6) is -0.330. The number of hydrogen-bond acceptors (Lipinski definition) is 5. The number of amides is 1. The van der Waals surface area contributed by atoms with Crippen LogP contribution in [0, 0.1) is 5.41 Å². The molecular weight excluding hydrogens is 266 g/mol. The van der Waals surface area contributed by atoms with E-state index in [4.69, 9.17) is 4.74 Å². The molecule has 0 aromatic rings. The first-order valence-corrected chi connectivity index (χ1v) is 7.37. The second kappa shape index (κ2) is 4.12. The number of thioether (sulfide) groups is 1. The number of ether oxygens (including phenoxy) is 1. The van der Waals surface area contributed by atoms with E-state index in [-0.39, 0.29) is 23.1 Å². The summed E-state index contributed by atoms with van der Waals surface area (Å²) < 4.78 is 4.88. The van der Waals surface area contributed by atoms with Crippen LogP contribution in [0.5, 0.6) is 0 Å². The summed E-state index contributed by atoms with van der Waals surface area (Å²) in [5, 5.41) is 10.5. The molecule has 1 amide bonds. The lowest BCUT2D eigenvalue weighted by atomic mass is 9.82. The van der Waals surface area contributed by atoms with E-state index < -0.39 is 17.1 Å². The molecule has 0 aliphatic carbocycles. The average molecular weight is 287 g/mol. The molecule has 3 atom stereocenters. The fourth-order valence-corrected chi connectivity index (χ4v) is 4.93. The SMILES string of the molecule is COC(=O)[C@]12CS[C@H](C(C)(C)C)N1C(=O)C[C@@]2(C)O. The minimum absolute atomic E-state index is 0.0325. The summed E-state index contributed by atoms with van der Waals surface area (Å²) in [6, 6.07) is 0. The number of carbonyl (C=O) groups excluding carboxylic acids is 2. The molecular formula is C13H21NO4S. The van der Waals surface area contributed by atoms with Gasteiger partial charge in [-0.25, -0.2) is 4.79 Å². The van der Waals surface area contributed by atoms with Crippen LogP contribution < -0.4 is 0 Å². The molecule has 2 aliphatic heterocycles. The molecule has 0 unspecified atom stereocenters. The summed E-state index contributed by atoms with van der Waals surface area (Å²) >= 11 is 1.53. The van der Waals surface area contributed by atoms with E-state index in [0.29, 0.717) is 5.75 Å². The zero-order chi connectivity index (χ0) is 14.6. The molecule has 108 valence electrons. The number of nitrogens with zero attached hydrogens (tertiary/aromatic N) is 1. The van der Waals surface area contributed by atoms with E-state index in [1.54, 1.807) is 11.8 Å². The van der Waals surface area contributed by atoms with Crippen molar-refractivity contribution in [2.75, 3.05) is 12.9 Å². The standard InChI is InChI=1S/C13H21NO4S/c1-11(2,3)9-14-8(15)6-12(4,17)13(14,7-19-9)10(16)18-5/h9,17H,6-7H2,1-5H3/t9-,12-,13+/m1/s1. The second-order valence-corrected chi connectivity index (χ2v) is 7.66. The Morgan fingerprint density at radius 1 is 1.53 bits per heavy atom. The maximum atomic E-state index is 12.3. The summed E-state index contributed by atoms with van der Waals surface area (Å²) in [6.07, 6.45) is -0.0325. The van der Waals surface area contributed by atoms with Gasteiger partial charge in [0, 0.05) is 5.75 Å². The van der Waals surface area contributed by atoms with Crippen molar-refractivity contribution in [3.63, 3.8) is 0 Å². The minimum atomic E-state index is -1.38. The van der Waals surface area contributed by atoms with Gasteiger partial charge < -0.3 is 14.7 Å². The van der Waals surface area contributed by atoms with Crippen LogP contribution in [0.3, 0.4) is 0 Å². The molecule has 2 rings (SSSR count). The monoisotopic (exact) mass is 287 g/mol. The van der Waals surface area contributed by atoms with Crippen molar-refractivity contribution in [3.05, 3.63) is 0 Å². The lowest BCUT2D eigenvalue weighted by Gasteiger charge is -2.41. The zero-order valence-corrected chi connectivity index (χ0v) is 12.8. The van der Waals surface area contributed by atoms with Gasteiger partial charge in [0.2, 0.25) is 5.91 Å². The van der Waals surface area contributed by atoms with Crippen molar-refractivity contribution in [2.45, 2.75) is 50.6 Å². The zero-order valence-electron chi connectivity index (χ0n) is 12.0. The molecule has 0 spiro atoms. The van der Waals surface area contributed by atoms with Crippen LogP contribution in [0.2, 0.25) is 0 Å². The molecule has 2 heterocycles. The normalized spacial score (nSPS) is 38.5. The van der Waals surface area contributed by atoms with Crippen LogP contribution in [-0.2, 0) is 14.3 Å². The third-order valence-corrected chi connectivity index (χ3v) is 5.83. The number of esters is 1. The lowest BCUT2D eigenvalue weighted by Crippen LogP contribution is -2.63. The first kappa shape index (κ1) is 14.7. The molecule has 0 saturated carbocycles. The summed E-state index contributed by atoms with van der Waals surface area (Å²) in [6.45, 7) is 7.63. The Kier molecular flexibility index (Phi) is 3.18.